The molecule has 0 radical (unpaired) electrons. The van der Waals surface area contributed by atoms with Gasteiger partial charge in [0.05, 0.1) is 35.7 Å². The molecular weight excluding hydrogens is 595 g/mol. The molecule has 0 unspecified atom stereocenters. The Hall–Kier alpha value is -5.61. The molecule has 0 saturated heterocycles. The van der Waals surface area contributed by atoms with E-state index in [1.54, 1.807) is 35.1 Å². The molecule has 13 heteroatoms. The number of methoxy groups -OCH3 is 2. The van der Waals surface area contributed by atoms with Crippen molar-refractivity contribution in [1.29, 1.82) is 5.26 Å². The van der Waals surface area contributed by atoms with Crippen molar-refractivity contribution in [3.63, 3.8) is 0 Å². The number of nitrogens with zero attached hydrogens (tertiary/aromatic N) is 4. The van der Waals surface area contributed by atoms with Gasteiger partial charge in [0.15, 0.2) is 17.1 Å². The Morgan fingerprint density at radius 3 is 2.34 bits per heavy atom. The topological polar surface area (TPSA) is 125 Å². The average Bonchev–Trinajstić information content (AvgIpc) is 3.58. The van der Waals surface area contributed by atoms with Gasteiger partial charge in [-0.3, -0.25) is 14.2 Å². The molecule has 2 heterocycles. The molecule has 5 rings (SSSR count). The van der Waals surface area contributed by atoms with E-state index in [0.717, 1.165) is 12.1 Å². The van der Waals surface area contributed by atoms with Crippen LogP contribution < -0.4 is 30.0 Å². The van der Waals surface area contributed by atoms with Gasteiger partial charge in [-0.05, 0) is 48.5 Å². The summed E-state index contributed by atoms with van der Waals surface area (Å²) >= 11 is 0.664. The Morgan fingerprint density at radius 2 is 1.70 bits per heavy atom. The van der Waals surface area contributed by atoms with Crippen LogP contribution in [0.1, 0.15) is 11.1 Å². The molecule has 5 aromatic rings. The lowest BCUT2D eigenvalue weighted by atomic mass is 10.1. The smallest absolute Gasteiger partial charge is 0.418 e. The SMILES string of the molecule is COc1ccc(-c2nn(-c3ccccc3)cc2/C=c2\s/c(=C(\C#N)C(N)=O)n(-c3ccccc3C(F)(F)F)c2=O)cc1OC. The molecule has 0 bridgehead atoms. The van der Waals surface area contributed by atoms with Crippen molar-refractivity contribution in [3.05, 3.63) is 110 Å². The van der Waals surface area contributed by atoms with Gasteiger partial charge in [-0.15, -0.1) is 11.3 Å². The predicted octanol–water partition coefficient (Wildman–Crippen LogP) is 3.78. The molecule has 1 amide bonds. The first kappa shape index (κ1) is 29.9. The molecule has 222 valence electrons. The fraction of sp³-hybridized carbons (Fsp3) is 0.0968. The van der Waals surface area contributed by atoms with Crippen molar-refractivity contribution < 1.29 is 27.4 Å². The van der Waals surface area contributed by atoms with Gasteiger partial charge < -0.3 is 15.2 Å². The van der Waals surface area contributed by atoms with E-state index < -0.39 is 34.5 Å². The Balaban J connectivity index is 1.85. The summed E-state index contributed by atoms with van der Waals surface area (Å²) in [5.41, 5.74) is 4.29. The number of benzene rings is 3. The van der Waals surface area contributed by atoms with Crippen LogP contribution in [0.5, 0.6) is 11.5 Å². The molecule has 9 nitrogen and oxygen atoms in total. The fourth-order valence-electron chi connectivity index (χ4n) is 4.54. The Kier molecular flexibility index (Phi) is 8.11. The van der Waals surface area contributed by atoms with Crippen LogP contribution in [0.15, 0.2) is 83.8 Å². The van der Waals surface area contributed by atoms with Gasteiger partial charge >= 0.3 is 6.18 Å². The van der Waals surface area contributed by atoms with Crippen LogP contribution in [0, 0.1) is 11.3 Å². The number of ether oxygens (including phenoxy) is 2. The van der Waals surface area contributed by atoms with E-state index >= 15 is 0 Å². The average molecular weight is 618 g/mol. The van der Waals surface area contributed by atoms with Gasteiger partial charge in [0, 0.05) is 17.3 Å². The summed E-state index contributed by atoms with van der Waals surface area (Å²) in [6.45, 7) is 0. The summed E-state index contributed by atoms with van der Waals surface area (Å²) in [5.74, 6) is -0.296. The number of primary amides is 1. The fourth-order valence-corrected chi connectivity index (χ4v) is 5.63. The quantitative estimate of drug-likeness (QED) is 0.297. The van der Waals surface area contributed by atoms with Crippen molar-refractivity contribution >= 4 is 28.9 Å². The van der Waals surface area contributed by atoms with Crippen LogP contribution in [0.3, 0.4) is 0 Å². The monoisotopic (exact) mass is 617 g/mol. The third-order valence-electron chi connectivity index (χ3n) is 6.55. The molecule has 2 aromatic heterocycles. The van der Waals surface area contributed by atoms with Crippen molar-refractivity contribution in [2.75, 3.05) is 14.2 Å². The van der Waals surface area contributed by atoms with E-state index in [2.05, 4.69) is 0 Å². The van der Waals surface area contributed by atoms with Gasteiger partial charge in [0.1, 0.15) is 16.4 Å². The zero-order valence-electron chi connectivity index (χ0n) is 23.1. The van der Waals surface area contributed by atoms with Crippen molar-refractivity contribution in [2.24, 2.45) is 5.73 Å². The molecule has 0 spiro atoms. The van der Waals surface area contributed by atoms with E-state index in [9.17, 15) is 28.0 Å². The van der Waals surface area contributed by atoms with Crippen LogP contribution in [0.4, 0.5) is 13.2 Å². The number of hydrogen-bond acceptors (Lipinski definition) is 7. The van der Waals surface area contributed by atoms with Crippen LogP contribution in [-0.4, -0.2) is 34.5 Å². The number of carbonyl (C=O) groups is 1. The first-order valence-electron chi connectivity index (χ1n) is 12.8. The molecule has 0 atom stereocenters. The zero-order valence-corrected chi connectivity index (χ0v) is 23.9. The van der Waals surface area contributed by atoms with Crippen LogP contribution in [0.2, 0.25) is 0 Å². The highest BCUT2D eigenvalue weighted by molar-refractivity contribution is 7.07. The molecule has 3 aromatic carbocycles. The molecule has 44 heavy (non-hydrogen) atoms. The number of halogens is 3. The van der Waals surface area contributed by atoms with Crippen LogP contribution in [0.25, 0.3) is 34.3 Å². The summed E-state index contributed by atoms with van der Waals surface area (Å²) in [7, 11) is 2.98. The van der Waals surface area contributed by atoms with E-state index in [1.807, 2.05) is 30.3 Å². The Labute approximate surface area is 251 Å². The van der Waals surface area contributed by atoms with Gasteiger partial charge in [-0.2, -0.15) is 23.5 Å². The molecule has 0 aliphatic heterocycles. The highest BCUT2D eigenvalue weighted by Gasteiger charge is 2.34. The lowest BCUT2D eigenvalue weighted by Gasteiger charge is -2.13. The van der Waals surface area contributed by atoms with E-state index in [1.165, 1.54) is 32.4 Å². The molecular formula is C31H22F3N5O4S. The number of alkyl halides is 3. The van der Waals surface area contributed by atoms with Gasteiger partial charge in [-0.25, -0.2) is 4.68 Å². The number of amides is 1. The van der Waals surface area contributed by atoms with Gasteiger partial charge in [0.2, 0.25) is 0 Å². The maximum absolute atomic E-state index is 14.0. The maximum Gasteiger partial charge on any atom is 0.418 e. The minimum absolute atomic E-state index is 0.0692. The van der Waals surface area contributed by atoms with Gasteiger partial charge in [0.25, 0.3) is 11.5 Å². The lowest BCUT2D eigenvalue weighted by Crippen LogP contribution is -2.33. The number of nitrogens with two attached hydrogens (primary N) is 1. The second kappa shape index (κ2) is 11.9. The zero-order chi connectivity index (χ0) is 31.6. The van der Waals surface area contributed by atoms with E-state index in [4.69, 9.17) is 20.3 Å². The minimum Gasteiger partial charge on any atom is -0.493 e. The second-order valence-corrected chi connectivity index (χ2v) is 10.2. The Bertz CT molecular complexity index is 2110. The second-order valence-electron chi connectivity index (χ2n) is 9.21. The number of rotatable bonds is 7. The number of aromatic nitrogens is 3. The summed E-state index contributed by atoms with van der Waals surface area (Å²) < 4.78 is 54.7. The summed E-state index contributed by atoms with van der Waals surface area (Å²) in [6, 6.07) is 20.3. The van der Waals surface area contributed by atoms with Crippen molar-refractivity contribution in [2.45, 2.75) is 6.18 Å². The molecule has 0 aliphatic rings. The van der Waals surface area contributed by atoms with Crippen LogP contribution in [-0.2, 0) is 11.0 Å². The molecule has 0 saturated carbocycles. The standard InChI is InChI=1S/C31H22F3N5O4S/c1-42-24-13-12-18(14-25(24)43-2)27-19(17-38(37-27)20-8-4-3-5-9-20)15-26-29(41)39(30(44-26)21(16-35)28(36)40)23-11-7-6-10-22(23)31(32,33)34/h3-15,17H,1-2H3,(H2,36,40)/b26-15-,30-21+. The van der Waals surface area contributed by atoms with E-state index in [0.29, 0.717) is 49.9 Å². The number of carbonyl (C=O) groups excluding carboxylic acids is 1. The number of hydrogen-bond donors (Lipinski definition) is 1. The molecule has 2 N–H and O–H groups in total. The number of para-hydroxylation sites is 2. The highest BCUT2D eigenvalue weighted by atomic mass is 32.1. The first-order valence-corrected chi connectivity index (χ1v) is 13.6. The first-order chi connectivity index (χ1) is 21.1. The summed E-state index contributed by atoms with van der Waals surface area (Å²) in [6.07, 6.45) is -1.75. The number of thiazole rings is 1. The Morgan fingerprint density at radius 1 is 1.02 bits per heavy atom. The predicted molar refractivity (Wildman–Crippen MR) is 158 cm³/mol. The largest absolute Gasteiger partial charge is 0.493 e. The third kappa shape index (κ3) is 5.58. The summed E-state index contributed by atoms with van der Waals surface area (Å²) in [4.78, 5) is 26.0. The lowest BCUT2D eigenvalue weighted by molar-refractivity contribution is -0.137. The van der Waals surface area contributed by atoms with Crippen molar-refractivity contribution in [1.82, 2.24) is 14.3 Å². The molecule has 0 aliphatic carbocycles. The van der Waals surface area contributed by atoms with Crippen LogP contribution >= 0.6 is 11.3 Å². The number of nitriles is 1. The maximum atomic E-state index is 14.0. The van der Waals surface area contributed by atoms with Crippen molar-refractivity contribution in [3.8, 4) is 40.2 Å². The molecule has 0 fully saturated rings. The van der Waals surface area contributed by atoms with Gasteiger partial charge in [-0.1, -0.05) is 30.3 Å². The highest BCUT2D eigenvalue weighted by Crippen LogP contribution is 2.34. The third-order valence-corrected chi connectivity index (χ3v) is 7.65. The normalized spacial score (nSPS) is 12.5. The minimum atomic E-state index is -4.84. The van der Waals surface area contributed by atoms with E-state index in [-0.39, 0.29) is 9.20 Å². The summed E-state index contributed by atoms with van der Waals surface area (Å²) in [5, 5.41) is 14.4.